The summed E-state index contributed by atoms with van der Waals surface area (Å²) in [6, 6.07) is 2.85. The standard InChI is InChI=1S/C27H41N5O9/c1-2-3-4-5-16-41-27(39)22-6-7-32(40)23(17-22)18-28-8-10-29(19-24(33)34)12-14-31(21-26(37)38)15-13-30(11-9-28)20-25(35)36/h6-8,10,17H,2-5,9,11-16,18-21H2,1H3,(H,33,34)(H,35,36)(H,37,38)/b10-8-. The highest BCUT2D eigenvalue weighted by Crippen LogP contribution is 2.09. The number of rotatable bonds is 14. The molecule has 0 amide bonds. The first-order valence-corrected chi connectivity index (χ1v) is 13.7. The minimum atomic E-state index is -1.07. The summed E-state index contributed by atoms with van der Waals surface area (Å²) in [5.74, 6) is -3.67. The second kappa shape index (κ2) is 17.7. The Balaban J connectivity index is 2.25. The van der Waals surface area contributed by atoms with Crippen molar-refractivity contribution in [2.75, 3.05) is 65.5 Å². The Kier molecular flexibility index (Phi) is 14.4. The van der Waals surface area contributed by atoms with E-state index in [1.54, 1.807) is 27.1 Å². The van der Waals surface area contributed by atoms with Crippen LogP contribution in [0.2, 0.25) is 0 Å². The van der Waals surface area contributed by atoms with Crippen molar-refractivity contribution in [3.8, 4) is 0 Å². The van der Waals surface area contributed by atoms with E-state index < -0.39 is 23.9 Å². The second-order valence-electron chi connectivity index (χ2n) is 9.90. The van der Waals surface area contributed by atoms with Gasteiger partial charge in [-0.3, -0.25) is 24.2 Å². The third-order valence-corrected chi connectivity index (χ3v) is 6.51. The third kappa shape index (κ3) is 13.3. The Morgan fingerprint density at radius 2 is 1.39 bits per heavy atom. The number of hydrogen-bond acceptors (Lipinski definition) is 10. The van der Waals surface area contributed by atoms with Crippen LogP contribution in [0.15, 0.2) is 30.7 Å². The summed E-state index contributed by atoms with van der Waals surface area (Å²) < 4.78 is 5.98. The SMILES string of the molecule is CCCCCCOC(=O)c1cc[n+]([O-])c(CN2/C=C\N(CC(=O)O)CCN(CC(=O)O)CCN(CC(=O)O)CC2)c1. The molecule has 0 radical (unpaired) electrons. The molecule has 2 heterocycles. The number of carboxylic acids is 3. The number of pyridine rings is 1. The molecule has 1 aliphatic rings. The second-order valence-corrected chi connectivity index (χ2v) is 9.90. The average molecular weight is 580 g/mol. The van der Waals surface area contributed by atoms with Crippen LogP contribution in [0.1, 0.15) is 48.7 Å². The average Bonchev–Trinajstić information content (AvgIpc) is 2.90. The lowest BCUT2D eigenvalue weighted by Gasteiger charge is -2.31. The molecular formula is C27H41N5O9. The number of unbranched alkanes of at least 4 members (excludes halogenated alkanes) is 3. The predicted octanol–water partition coefficient (Wildman–Crippen LogP) is 0.504. The summed E-state index contributed by atoms with van der Waals surface area (Å²) in [5, 5.41) is 40.6. The quantitative estimate of drug-likeness (QED) is 0.120. The van der Waals surface area contributed by atoms with Gasteiger partial charge < -0.3 is 35.1 Å². The molecule has 1 aromatic heterocycles. The van der Waals surface area contributed by atoms with Crippen molar-refractivity contribution in [3.05, 3.63) is 47.2 Å². The Bertz CT molecular complexity index is 1050. The highest BCUT2D eigenvalue weighted by atomic mass is 16.5. The molecule has 0 fully saturated rings. The van der Waals surface area contributed by atoms with Gasteiger partial charge in [0.1, 0.15) is 13.1 Å². The zero-order chi connectivity index (χ0) is 30.2. The van der Waals surface area contributed by atoms with E-state index in [0.717, 1.165) is 25.7 Å². The van der Waals surface area contributed by atoms with E-state index in [9.17, 15) is 39.7 Å². The maximum atomic E-state index is 12.6. The van der Waals surface area contributed by atoms with Crippen LogP contribution >= 0.6 is 0 Å². The van der Waals surface area contributed by atoms with E-state index in [1.165, 1.54) is 23.2 Å². The van der Waals surface area contributed by atoms with Gasteiger partial charge in [0.2, 0.25) is 5.69 Å². The number of carboxylic acid groups (broad SMARTS) is 3. The molecule has 1 aliphatic heterocycles. The molecule has 41 heavy (non-hydrogen) atoms. The summed E-state index contributed by atoms with van der Waals surface area (Å²) in [4.78, 5) is 53.4. The number of aromatic nitrogens is 1. The topological polar surface area (TPSA) is 178 Å². The summed E-state index contributed by atoms with van der Waals surface area (Å²) in [5.41, 5.74) is 0.490. The van der Waals surface area contributed by atoms with Crippen LogP contribution in [0.3, 0.4) is 0 Å². The van der Waals surface area contributed by atoms with Crippen LogP contribution in [-0.2, 0) is 25.7 Å². The molecule has 0 atom stereocenters. The highest BCUT2D eigenvalue weighted by molar-refractivity contribution is 5.89. The van der Waals surface area contributed by atoms with Gasteiger partial charge in [-0.25, -0.2) is 4.79 Å². The highest BCUT2D eigenvalue weighted by Gasteiger charge is 2.20. The van der Waals surface area contributed by atoms with E-state index in [4.69, 9.17) is 4.74 Å². The molecule has 0 bridgehead atoms. The number of esters is 1. The van der Waals surface area contributed by atoms with Crippen LogP contribution < -0.4 is 4.73 Å². The monoisotopic (exact) mass is 579 g/mol. The molecule has 0 saturated carbocycles. The summed E-state index contributed by atoms with van der Waals surface area (Å²) in [7, 11) is 0. The van der Waals surface area contributed by atoms with Crippen LogP contribution in [0.5, 0.6) is 0 Å². The molecule has 1 aromatic rings. The van der Waals surface area contributed by atoms with E-state index in [-0.39, 0.29) is 83.3 Å². The molecule has 3 N–H and O–H groups in total. The Morgan fingerprint density at radius 1 is 0.829 bits per heavy atom. The molecule has 0 unspecified atom stereocenters. The lowest BCUT2D eigenvalue weighted by atomic mass is 10.2. The maximum absolute atomic E-state index is 12.6. The lowest BCUT2D eigenvalue weighted by molar-refractivity contribution is -0.615. The van der Waals surface area contributed by atoms with Crippen molar-refractivity contribution in [2.45, 2.75) is 39.2 Å². The van der Waals surface area contributed by atoms with E-state index in [2.05, 4.69) is 6.92 Å². The summed E-state index contributed by atoms with van der Waals surface area (Å²) >= 11 is 0. The van der Waals surface area contributed by atoms with Gasteiger partial charge in [-0.1, -0.05) is 26.2 Å². The van der Waals surface area contributed by atoms with Gasteiger partial charge in [-0.2, -0.15) is 4.73 Å². The minimum Gasteiger partial charge on any atom is -0.618 e. The Hall–Kier alpha value is -3.91. The van der Waals surface area contributed by atoms with Crippen molar-refractivity contribution in [1.29, 1.82) is 0 Å². The fourth-order valence-electron chi connectivity index (χ4n) is 4.28. The fourth-order valence-corrected chi connectivity index (χ4v) is 4.28. The number of nitrogens with zero attached hydrogens (tertiary/aromatic N) is 5. The molecule has 0 aromatic carbocycles. The van der Waals surface area contributed by atoms with E-state index in [0.29, 0.717) is 4.73 Å². The lowest BCUT2D eigenvalue weighted by Crippen LogP contribution is -2.45. The Labute approximate surface area is 239 Å². The fraction of sp³-hybridized carbons (Fsp3) is 0.593. The van der Waals surface area contributed by atoms with Gasteiger partial charge in [0, 0.05) is 63.8 Å². The first-order valence-electron chi connectivity index (χ1n) is 13.7. The van der Waals surface area contributed by atoms with Crippen molar-refractivity contribution in [1.82, 2.24) is 19.6 Å². The van der Waals surface area contributed by atoms with Gasteiger partial charge in [0.25, 0.3) is 0 Å². The maximum Gasteiger partial charge on any atom is 0.338 e. The molecule has 0 saturated heterocycles. The number of aliphatic carboxylic acids is 3. The van der Waals surface area contributed by atoms with Gasteiger partial charge in [-0.05, 0) is 6.42 Å². The van der Waals surface area contributed by atoms with Crippen LogP contribution in [0.25, 0.3) is 0 Å². The zero-order valence-corrected chi connectivity index (χ0v) is 23.5. The molecule has 0 spiro atoms. The van der Waals surface area contributed by atoms with E-state index in [1.807, 2.05) is 0 Å². The van der Waals surface area contributed by atoms with Crippen molar-refractivity contribution in [3.63, 3.8) is 0 Å². The predicted molar refractivity (Wildman–Crippen MR) is 147 cm³/mol. The normalized spacial score (nSPS) is 16.4. The smallest absolute Gasteiger partial charge is 0.338 e. The minimum absolute atomic E-state index is 0.0601. The zero-order valence-electron chi connectivity index (χ0n) is 23.5. The van der Waals surface area contributed by atoms with Crippen LogP contribution in [0, 0.1) is 5.21 Å². The van der Waals surface area contributed by atoms with Gasteiger partial charge in [0.15, 0.2) is 6.20 Å². The van der Waals surface area contributed by atoms with Crippen molar-refractivity contribution < 1.29 is 44.0 Å². The molecule has 2 rings (SSSR count). The van der Waals surface area contributed by atoms with Gasteiger partial charge in [-0.15, -0.1) is 0 Å². The molecule has 14 nitrogen and oxygen atoms in total. The number of carbonyl (C=O) groups excluding carboxylic acids is 1. The van der Waals surface area contributed by atoms with Crippen LogP contribution in [0.4, 0.5) is 0 Å². The Morgan fingerprint density at radius 3 is 1.98 bits per heavy atom. The molecule has 14 heteroatoms. The number of carbonyl (C=O) groups is 4. The third-order valence-electron chi connectivity index (χ3n) is 6.51. The summed E-state index contributed by atoms with van der Waals surface area (Å²) in [6.07, 6.45) is 8.24. The molecule has 0 aliphatic carbocycles. The first kappa shape index (κ1) is 33.3. The number of hydrogen-bond donors (Lipinski definition) is 3. The van der Waals surface area contributed by atoms with Gasteiger partial charge in [0.05, 0.1) is 25.3 Å². The van der Waals surface area contributed by atoms with E-state index >= 15 is 0 Å². The molecule has 228 valence electrons. The largest absolute Gasteiger partial charge is 0.618 e. The van der Waals surface area contributed by atoms with Crippen molar-refractivity contribution in [2.24, 2.45) is 0 Å². The van der Waals surface area contributed by atoms with Crippen molar-refractivity contribution >= 4 is 23.9 Å². The van der Waals surface area contributed by atoms with Gasteiger partial charge >= 0.3 is 23.9 Å². The first-order chi connectivity index (χ1) is 19.6. The van der Waals surface area contributed by atoms with Crippen LogP contribution in [-0.4, -0.2) is 124 Å². The number of ether oxygens (including phenoxy) is 1. The molecular weight excluding hydrogens is 538 g/mol. The summed E-state index contributed by atoms with van der Waals surface area (Å²) in [6.45, 7) is 3.14.